The fourth-order valence-electron chi connectivity index (χ4n) is 2.02. The SMILES string of the molecule is O=S(=O)(c1ccccc1)c1c[nH]c(C=CC(O)c2ncn[nH]2)c1. The maximum atomic E-state index is 12.5. The summed E-state index contributed by atoms with van der Waals surface area (Å²) >= 11 is 0. The van der Waals surface area contributed by atoms with E-state index in [0.29, 0.717) is 11.5 Å². The topological polar surface area (TPSA) is 112 Å². The molecule has 8 heteroatoms. The Kier molecular flexibility index (Phi) is 4.09. The first-order valence-electron chi connectivity index (χ1n) is 6.77. The van der Waals surface area contributed by atoms with Crippen LogP contribution in [-0.4, -0.2) is 33.7 Å². The van der Waals surface area contributed by atoms with Crippen molar-refractivity contribution in [2.24, 2.45) is 0 Å². The molecule has 0 fully saturated rings. The van der Waals surface area contributed by atoms with E-state index >= 15 is 0 Å². The molecule has 0 aliphatic heterocycles. The number of hydrogen-bond donors (Lipinski definition) is 3. The third-order valence-electron chi connectivity index (χ3n) is 3.21. The molecule has 0 radical (unpaired) electrons. The van der Waals surface area contributed by atoms with Crippen LogP contribution in [-0.2, 0) is 9.84 Å². The number of H-pyrrole nitrogens is 2. The summed E-state index contributed by atoms with van der Waals surface area (Å²) in [7, 11) is -3.56. The van der Waals surface area contributed by atoms with Crippen molar-refractivity contribution in [3.8, 4) is 0 Å². The third-order valence-corrected chi connectivity index (χ3v) is 4.96. The molecule has 2 heterocycles. The second-order valence-electron chi connectivity index (χ2n) is 4.78. The number of benzene rings is 1. The summed E-state index contributed by atoms with van der Waals surface area (Å²) in [5, 5.41) is 16.1. The Bertz CT molecular complexity index is 899. The lowest BCUT2D eigenvalue weighted by atomic mass is 10.3. The molecule has 0 saturated carbocycles. The Morgan fingerprint density at radius 1 is 1.17 bits per heavy atom. The molecular formula is C15H14N4O3S. The van der Waals surface area contributed by atoms with Gasteiger partial charge in [0.2, 0.25) is 9.84 Å². The van der Waals surface area contributed by atoms with Gasteiger partial charge in [0.15, 0.2) is 5.82 Å². The highest BCUT2D eigenvalue weighted by Gasteiger charge is 2.18. The van der Waals surface area contributed by atoms with Gasteiger partial charge in [-0.05, 0) is 30.4 Å². The Labute approximate surface area is 132 Å². The molecule has 118 valence electrons. The lowest BCUT2D eigenvalue weighted by molar-refractivity contribution is 0.219. The summed E-state index contributed by atoms with van der Waals surface area (Å²) in [6.45, 7) is 0. The molecule has 0 aliphatic rings. The van der Waals surface area contributed by atoms with Crippen LogP contribution in [0.5, 0.6) is 0 Å². The van der Waals surface area contributed by atoms with E-state index in [2.05, 4.69) is 20.2 Å². The molecule has 0 spiro atoms. The minimum absolute atomic E-state index is 0.164. The van der Waals surface area contributed by atoms with Gasteiger partial charge in [0.05, 0.1) is 9.79 Å². The second-order valence-corrected chi connectivity index (χ2v) is 6.73. The summed E-state index contributed by atoms with van der Waals surface area (Å²) in [4.78, 5) is 7.09. The van der Waals surface area contributed by atoms with Gasteiger partial charge in [-0.25, -0.2) is 13.4 Å². The molecular weight excluding hydrogens is 316 g/mol. The molecule has 1 atom stereocenters. The van der Waals surface area contributed by atoms with Crippen LogP contribution in [0.15, 0.2) is 64.8 Å². The number of hydrogen-bond acceptors (Lipinski definition) is 5. The normalized spacial score (nSPS) is 13.4. The van der Waals surface area contributed by atoms with Gasteiger partial charge in [-0.2, -0.15) is 5.10 Å². The molecule has 0 aliphatic carbocycles. The average molecular weight is 330 g/mol. The van der Waals surface area contributed by atoms with E-state index in [9.17, 15) is 13.5 Å². The molecule has 1 aromatic carbocycles. The monoisotopic (exact) mass is 330 g/mol. The molecule has 0 amide bonds. The summed E-state index contributed by atoms with van der Waals surface area (Å²) in [5.41, 5.74) is 0.554. The van der Waals surface area contributed by atoms with Gasteiger partial charge in [0.1, 0.15) is 12.4 Å². The van der Waals surface area contributed by atoms with Crippen molar-refractivity contribution in [2.45, 2.75) is 15.9 Å². The molecule has 1 unspecified atom stereocenters. The number of rotatable bonds is 5. The Balaban J connectivity index is 1.81. The minimum Gasteiger partial charge on any atom is -0.381 e. The smallest absolute Gasteiger partial charge is 0.208 e. The lowest BCUT2D eigenvalue weighted by Crippen LogP contribution is -1.99. The number of aromatic amines is 2. The first-order chi connectivity index (χ1) is 11.1. The highest BCUT2D eigenvalue weighted by Crippen LogP contribution is 2.22. The van der Waals surface area contributed by atoms with Crippen LogP contribution < -0.4 is 0 Å². The molecule has 2 aromatic heterocycles. The average Bonchev–Trinajstić information content (AvgIpc) is 3.25. The summed E-state index contributed by atoms with van der Waals surface area (Å²) in [6.07, 6.45) is 4.83. The van der Waals surface area contributed by atoms with Gasteiger partial charge in [-0.1, -0.05) is 18.2 Å². The lowest BCUT2D eigenvalue weighted by Gasteiger charge is -2.00. The number of nitrogens with zero attached hydrogens (tertiary/aromatic N) is 2. The molecule has 3 N–H and O–H groups in total. The quantitative estimate of drug-likeness (QED) is 0.659. The zero-order valence-electron chi connectivity index (χ0n) is 11.9. The van der Waals surface area contributed by atoms with Crippen LogP contribution in [0.25, 0.3) is 6.08 Å². The van der Waals surface area contributed by atoms with Gasteiger partial charge in [-0.15, -0.1) is 0 Å². The summed E-state index contributed by atoms with van der Waals surface area (Å²) < 4.78 is 24.9. The van der Waals surface area contributed by atoms with Crippen molar-refractivity contribution in [3.63, 3.8) is 0 Å². The van der Waals surface area contributed by atoms with Crippen molar-refractivity contribution in [1.29, 1.82) is 0 Å². The van der Waals surface area contributed by atoms with Gasteiger partial charge in [0.25, 0.3) is 0 Å². The number of aliphatic hydroxyl groups is 1. The van der Waals surface area contributed by atoms with Gasteiger partial charge < -0.3 is 10.1 Å². The first-order valence-corrected chi connectivity index (χ1v) is 8.26. The standard InChI is InChI=1S/C15H14N4O3S/c20-14(15-17-10-18-19-15)7-6-11-8-13(9-16-11)23(21,22)12-4-2-1-3-5-12/h1-10,14,16,20H,(H,17,18,19). The zero-order valence-corrected chi connectivity index (χ0v) is 12.7. The minimum atomic E-state index is -3.56. The van der Waals surface area contributed by atoms with Crippen LogP contribution in [0.4, 0.5) is 0 Å². The maximum absolute atomic E-state index is 12.5. The van der Waals surface area contributed by atoms with Crippen LogP contribution >= 0.6 is 0 Å². The first kappa shape index (κ1) is 15.2. The van der Waals surface area contributed by atoms with Crippen molar-refractivity contribution in [2.75, 3.05) is 0 Å². The van der Waals surface area contributed by atoms with Gasteiger partial charge in [0, 0.05) is 11.9 Å². The van der Waals surface area contributed by atoms with Crippen molar-refractivity contribution >= 4 is 15.9 Å². The fourth-order valence-corrected chi connectivity index (χ4v) is 3.31. The van der Waals surface area contributed by atoms with Crippen molar-refractivity contribution in [1.82, 2.24) is 20.2 Å². The summed E-state index contributed by atoms with van der Waals surface area (Å²) in [5.74, 6) is 0.310. The number of sulfone groups is 1. The Morgan fingerprint density at radius 3 is 2.65 bits per heavy atom. The Hall–Kier alpha value is -2.71. The van der Waals surface area contributed by atoms with Crippen LogP contribution in [0.1, 0.15) is 17.6 Å². The van der Waals surface area contributed by atoms with Gasteiger partial charge in [-0.3, -0.25) is 5.10 Å². The molecule has 0 saturated heterocycles. The van der Waals surface area contributed by atoms with Crippen molar-refractivity contribution in [3.05, 3.63) is 66.5 Å². The maximum Gasteiger partial charge on any atom is 0.208 e. The van der Waals surface area contributed by atoms with E-state index in [0.717, 1.165) is 0 Å². The van der Waals surface area contributed by atoms with Gasteiger partial charge >= 0.3 is 0 Å². The molecule has 0 bridgehead atoms. The third kappa shape index (κ3) is 3.22. The van der Waals surface area contributed by atoms with Crippen molar-refractivity contribution < 1.29 is 13.5 Å². The molecule has 7 nitrogen and oxygen atoms in total. The highest BCUT2D eigenvalue weighted by atomic mass is 32.2. The van der Waals surface area contributed by atoms with E-state index in [1.165, 1.54) is 24.7 Å². The molecule has 3 rings (SSSR count). The van der Waals surface area contributed by atoms with E-state index in [1.54, 1.807) is 36.4 Å². The molecule has 3 aromatic rings. The number of nitrogens with one attached hydrogen (secondary N) is 2. The largest absolute Gasteiger partial charge is 0.381 e. The van der Waals surface area contributed by atoms with E-state index < -0.39 is 15.9 Å². The van der Waals surface area contributed by atoms with Crippen LogP contribution in [0.2, 0.25) is 0 Å². The predicted molar refractivity (Wildman–Crippen MR) is 83.1 cm³/mol. The van der Waals surface area contributed by atoms with E-state index in [1.807, 2.05) is 0 Å². The van der Waals surface area contributed by atoms with E-state index in [4.69, 9.17) is 0 Å². The highest BCUT2D eigenvalue weighted by molar-refractivity contribution is 7.91. The fraction of sp³-hybridized carbons (Fsp3) is 0.0667. The second kappa shape index (κ2) is 6.19. The molecule has 23 heavy (non-hydrogen) atoms. The van der Waals surface area contributed by atoms with E-state index in [-0.39, 0.29) is 9.79 Å². The number of aliphatic hydroxyl groups excluding tert-OH is 1. The van der Waals surface area contributed by atoms with Crippen LogP contribution in [0.3, 0.4) is 0 Å². The number of aromatic nitrogens is 4. The Morgan fingerprint density at radius 2 is 1.96 bits per heavy atom. The summed E-state index contributed by atoms with van der Waals surface area (Å²) in [6, 6.07) is 9.71. The zero-order chi connectivity index (χ0) is 16.3. The predicted octanol–water partition coefficient (Wildman–Crippen LogP) is 1.71. The van der Waals surface area contributed by atoms with Crippen LogP contribution in [0, 0.1) is 0 Å².